The van der Waals surface area contributed by atoms with Gasteiger partial charge in [0, 0.05) is 29.1 Å². The number of aliphatic hydroxyl groups excluding tert-OH is 1. The van der Waals surface area contributed by atoms with E-state index in [1.165, 1.54) is 0 Å². The number of carbonyl (C=O) groups is 1. The number of carbonyl (C=O) groups excluding carboxylic acids is 1. The van der Waals surface area contributed by atoms with Gasteiger partial charge in [0.15, 0.2) is 9.84 Å². The zero-order valence-electron chi connectivity index (χ0n) is 15.9. The molecule has 152 valence electrons. The van der Waals surface area contributed by atoms with Crippen molar-refractivity contribution in [3.05, 3.63) is 83.9 Å². The number of aliphatic hydroxyl groups is 1. The number of imidazole rings is 1. The molecule has 0 saturated carbocycles. The molecular formula is C22H19N3O4S. The van der Waals surface area contributed by atoms with Crippen LogP contribution in [0, 0.1) is 11.8 Å². The number of hydrogen-bond acceptors (Lipinski definition) is 5. The first-order chi connectivity index (χ1) is 14.4. The van der Waals surface area contributed by atoms with Crippen molar-refractivity contribution in [2.45, 2.75) is 12.1 Å². The van der Waals surface area contributed by atoms with E-state index in [1.54, 1.807) is 41.5 Å². The van der Waals surface area contributed by atoms with E-state index in [9.17, 15) is 18.3 Å². The lowest BCUT2D eigenvalue weighted by molar-refractivity contribution is 0.0888. The molecule has 2 heterocycles. The van der Waals surface area contributed by atoms with Gasteiger partial charge in [-0.15, -0.1) is 0 Å². The van der Waals surface area contributed by atoms with Crippen molar-refractivity contribution in [1.29, 1.82) is 0 Å². The van der Waals surface area contributed by atoms with Crippen LogP contribution in [-0.4, -0.2) is 52.6 Å². The van der Waals surface area contributed by atoms with E-state index in [-0.39, 0.29) is 11.5 Å². The lowest BCUT2D eigenvalue weighted by Gasteiger charge is -2.15. The van der Waals surface area contributed by atoms with Crippen LogP contribution in [-0.2, 0) is 9.84 Å². The summed E-state index contributed by atoms with van der Waals surface area (Å²) in [7, 11) is -3.35. The van der Waals surface area contributed by atoms with Gasteiger partial charge in [-0.1, -0.05) is 30.0 Å². The second-order valence-electron chi connectivity index (χ2n) is 7.04. The molecule has 30 heavy (non-hydrogen) atoms. The first-order valence-electron chi connectivity index (χ1n) is 9.30. The molecule has 1 amide bonds. The lowest BCUT2D eigenvalue weighted by Crippen LogP contribution is -2.42. The molecule has 1 aliphatic rings. The fraction of sp³-hybridized carbons (Fsp3) is 0.182. The molecular weight excluding hydrogens is 402 g/mol. The van der Waals surface area contributed by atoms with Crippen molar-refractivity contribution >= 4 is 15.7 Å². The molecule has 4 rings (SSSR count). The number of rotatable bonds is 3. The van der Waals surface area contributed by atoms with Gasteiger partial charge in [0.2, 0.25) is 0 Å². The van der Waals surface area contributed by atoms with E-state index in [0.29, 0.717) is 11.1 Å². The van der Waals surface area contributed by atoms with Crippen LogP contribution in [0.15, 0.2) is 67.3 Å². The van der Waals surface area contributed by atoms with E-state index in [4.69, 9.17) is 0 Å². The molecule has 2 aromatic carbocycles. The van der Waals surface area contributed by atoms with Crippen LogP contribution in [0.1, 0.15) is 21.5 Å². The van der Waals surface area contributed by atoms with Crippen LogP contribution in [0.2, 0.25) is 0 Å². The fourth-order valence-corrected chi connectivity index (χ4v) is 5.03. The molecule has 0 radical (unpaired) electrons. The highest BCUT2D eigenvalue weighted by atomic mass is 32.2. The van der Waals surface area contributed by atoms with E-state index in [2.05, 4.69) is 22.1 Å². The van der Waals surface area contributed by atoms with Crippen molar-refractivity contribution in [2.24, 2.45) is 0 Å². The topological polar surface area (TPSA) is 101 Å². The molecule has 1 aliphatic heterocycles. The van der Waals surface area contributed by atoms with Gasteiger partial charge in [-0.3, -0.25) is 4.79 Å². The summed E-state index contributed by atoms with van der Waals surface area (Å²) in [5.41, 5.74) is 2.54. The summed E-state index contributed by atoms with van der Waals surface area (Å²) in [5, 5.41) is 12.5. The van der Waals surface area contributed by atoms with Gasteiger partial charge in [-0.25, -0.2) is 13.4 Å². The SMILES string of the molecule is O=C(N[C@@H]1CS(=O)(=O)C[C@@H]1O)c1ccc(-n2ccnc2)c(C#Cc2ccccc2)c1. The largest absolute Gasteiger partial charge is 0.390 e. The maximum atomic E-state index is 12.7. The molecule has 2 N–H and O–H groups in total. The first kappa shape index (κ1) is 19.9. The Hall–Kier alpha value is -3.41. The lowest BCUT2D eigenvalue weighted by atomic mass is 10.1. The average Bonchev–Trinajstić information content (AvgIpc) is 3.34. The number of aromatic nitrogens is 2. The third-order valence-electron chi connectivity index (χ3n) is 4.80. The molecule has 7 nitrogen and oxygen atoms in total. The molecule has 1 fully saturated rings. The summed E-state index contributed by atoms with van der Waals surface area (Å²) in [6, 6.07) is 13.7. The summed E-state index contributed by atoms with van der Waals surface area (Å²) >= 11 is 0. The zero-order valence-corrected chi connectivity index (χ0v) is 16.7. The smallest absolute Gasteiger partial charge is 0.251 e. The van der Waals surface area contributed by atoms with Crippen LogP contribution in [0.25, 0.3) is 5.69 Å². The molecule has 0 unspecified atom stereocenters. The van der Waals surface area contributed by atoms with Gasteiger partial charge in [-0.2, -0.15) is 0 Å². The van der Waals surface area contributed by atoms with Crippen molar-refractivity contribution < 1.29 is 18.3 Å². The summed E-state index contributed by atoms with van der Waals surface area (Å²) in [6.45, 7) is 0. The minimum Gasteiger partial charge on any atom is -0.390 e. The van der Waals surface area contributed by atoms with Gasteiger partial charge >= 0.3 is 0 Å². The molecule has 0 bridgehead atoms. The van der Waals surface area contributed by atoms with Gasteiger partial charge in [0.25, 0.3) is 5.91 Å². The highest BCUT2D eigenvalue weighted by Crippen LogP contribution is 2.18. The highest BCUT2D eigenvalue weighted by Gasteiger charge is 2.37. The standard InChI is InChI=1S/C22H19N3O4S/c26-21-14-30(28,29)13-19(21)24-22(27)18-8-9-20(25-11-10-23-15-25)17(12-18)7-6-16-4-2-1-3-5-16/h1-5,8-12,15,19,21,26H,13-14H2,(H,24,27)/t19-,21+/m1/s1. The third-order valence-corrected chi connectivity index (χ3v) is 6.51. The van der Waals surface area contributed by atoms with Gasteiger partial charge in [0.05, 0.1) is 35.7 Å². The molecule has 0 aliphatic carbocycles. The average molecular weight is 421 g/mol. The van der Waals surface area contributed by atoms with E-state index >= 15 is 0 Å². The predicted molar refractivity (Wildman–Crippen MR) is 112 cm³/mol. The Morgan fingerprint density at radius 3 is 2.60 bits per heavy atom. The number of sulfone groups is 1. The number of hydrogen-bond donors (Lipinski definition) is 2. The maximum Gasteiger partial charge on any atom is 0.251 e. The predicted octanol–water partition coefficient (Wildman–Crippen LogP) is 1.16. The second kappa shape index (κ2) is 8.14. The minimum absolute atomic E-state index is 0.270. The Labute approximate surface area is 174 Å². The highest BCUT2D eigenvalue weighted by molar-refractivity contribution is 7.91. The molecule has 3 aromatic rings. The quantitative estimate of drug-likeness (QED) is 0.618. The normalized spacial score (nSPS) is 19.6. The number of amides is 1. The Kier molecular flexibility index (Phi) is 5.40. The Morgan fingerprint density at radius 2 is 1.93 bits per heavy atom. The molecule has 2 atom stereocenters. The van der Waals surface area contributed by atoms with Crippen molar-refractivity contribution in [3.63, 3.8) is 0 Å². The number of nitrogens with one attached hydrogen (secondary N) is 1. The Bertz CT molecular complexity index is 1230. The summed E-state index contributed by atoms with van der Waals surface area (Å²) in [4.78, 5) is 16.8. The van der Waals surface area contributed by atoms with Gasteiger partial charge < -0.3 is 15.0 Å². The van der Waals surface area contributed by atoms with Crippen molar-refractivity contribution in [3.8, 4) is 17.5 Å². The van der Waals surface area contributed by atoms with Crippen LogP contribution in [0.5, 0.6) is 0 Å². The van der Waals surface area contributed by atoms with Crippen LogP contribution < -0.4 is 5.32 Å². The van der Waals surface area contributed by atoms with Gasteiger partial charge in [0.1, 0.15) is 0 Å². The minimum atomic E-state index is -3.35. The molecule has 1 saturated heterocycles. The zero-order chi connectivity index (χ0) is 21.1. The monoisotopic (exact) mass is 421 g/mol. The molecule has 8 heteroatoms. The van der Waals surface area contributed by atoms with Crippen LogP contribution in [0.3, 0.4) is 0 Å². The van der Waals surface area contributed by atoms with E-state index in [1.807, 2.05) is 30.3 Å². The number of benzene rings is 2. The molecule has 0 spiro atoms. The van der Waals surface area contributed by atoms with Crippen LogP contribution in [0.4, 0.5) is 0 Å². The van der Waals surface area contributed by atoms with E-state index < -0.39 is 27.9 Å². The number of nitrogens with zero attached hydrogens (tertiary/aromatic N) is 2. The first-order valence-corrected chi connectivity index (χ1v) is 11.1. The summed E-state index contributed by atoms with van der Waals surface area (Å²) in [6.07, 6.45) is 3.96. The Balaban J connectivity index is 1.65. The maximum absolute atomic E-state index is 12.7. The third kappa shape index (κ3) is 4.43. The van der Waals surface area contributed by atoms with Crippen molar-refractivity contribution in [2.75, 3.05) is 11.5 Å². The second-order valence-corrected chi connectivity index (χ2v) is 9.20. The van der Waals surface area contributed by atoms with Gasteiger partial charge in [-0.05, 0) is 30.3 Å². The van der Waals surface area contributed by atoms with E-state index in [0.717, 1.165) is 11.3 Å². The summed E-state index contributed by atoms with van der Waals surface area (Å²) in [5.74, 6) is 5.12. The van der Waals surface area contributed by atoms with Crippen LogP contribution >= 0.6 is 0 Å². The fourth-order valence-electron chi connectivity index (χ4n) is 3.28. The summed E-state index contributed by atoms with van der Waals surface area (Å²) < 4.78 is 25.2. The van der Waals surface area contributed by atoms with Crippen molar-refractivity contribution in [1.82, 2.24) is 14.9 Å². The Morgan fingerprint density at radius 1 is 1.13 bits per heavy atom. The molecule has 1 aromatic heterocycles.